The molecule has 0 aliphatic rings. The average molecular weight is 184 g/mol. The van der Waals surface area contributed by atoms with E-state index in [2.05, 4.69) is 39.8 Å². The first-order chi connectivity index (χ1) is 5.20. The van der Waals surface area contributed by atoms with Gasteiger partial charge in [-0.25, -0.2) is 0 Å². The van der Waals surface area contributed by atoms with Crippen LogP contribution in [-0.4, -0.2) is 14.4 Å². The molecule has 0 aromatic rings. The van der Waals surface area contributed by atoms with Gasteiger partial charge in [-0.1, -0.05) is 26.7 Å². The van der Waals surface area contributed by atoms with Crippen LogP contribution in [0.15, 0.2) is 0 Å². The van der Waals surface area contributed by atoms with Crippen LogP contribution in [0.5, 0.6) is 0 Å². The molecule has 0 aromatic heterocycles. The Balaban J connectivity index is 4.35. The first kappa shape index (κ1) is 11.7. The van der Waals surface area contributed by atoms with E-state index in [1.165, 1.54) is 0 Å². The van der Waals surface area contributed by atoms with Crippen molar-refractivity contribution in [2.45, 2.75) is 51.9 Å². The van der Waals surface area contributed by atoms with Crippen molar-refractivity contribution in [3.8, 4) is 12.3 Å². The second-order valence-electron chi connectivity index (χ2n) is 4.69. The molecule has 0 heterocycles. The summed E-state index contributed by atoms with van der Waals surface area (Å²) in [5.41, 5.74) is 0. The smallest absolute Gasteiger partial charge is 0.193 e. The molecule has 2 heteroatoms. The van der Waals surface area contributed by atoms with Crippen LogP contribution in [0.1, 0.15) is 27.7 Å². The number of hydrogen-bond acceptors (Lipinski definition) is 1. The maximum atomic E-state index is 5.85. The highest BCUT2D eigenvalue weighted by Crippen LogP contribution is 2.37. The summed E-state index contributed by atoms with van der Waals surface area (Å²) in [6.07, 6.45) is 5.22. The highest BCUT2D eigenvalue weighted by atomic mass is 28.4. The summed E-state index contributed by atoms with van der Waals surface area (Å²) in [5, 5.41) is 0.248. The van der Waals surface area contributed by atoms with Gasteiger partial charge in [0.15, 0.2) is 8.32 Å². The lowest BCUT2D eigenvalue weighted by Crippen LogP contribution is -2.42. The standard InChI is InChI=1S/C10H20OSi/c1-8-9(2)11-12(6,7)10(3,4)5/h1,9H,2-7H3. The number of rotatable bonds is 2. The molecule has 0 fully saturated rings. The van der Waals surface area contributed by atoms with E-state index in [1.54, 1.807) is 0 Å². The van der Waals surface area contributed by atoms with Crippen LogP contribution in [0.2, 0.25) is 18.1 Å². The third-order valence-corrected chi connectivity index (χ3v) is 7.07. The van der Waals surface area contributed by atoms with E-state index >= 15 is 0 Å². The Morgan fingerprint density at radius 2 is 1.75 bits per heavy atom. The fraction of sp³-hybridized carbons (Fsp3) is 0.800. The molecule has 0 aliphatic carbocycles. The van der Waals surface area contributed by atoms with Gasteiger partial charge in [-0.3, -0.25) is 0 Å². The van der Waals surface area contributed by atoms with Gasteiger partial charge >= 0.3 is 0 Å². The Labute approximate surface area is 77.6 Å². The molecule has 0 saturated carbocycles. The third-order valence-electron chi connectivity index (χ3n) is 2.51. The second-order valence-corrected chi connectivity index (χ2v) is 9.44. The molecule has 70 valence electrons. The minimum absolute atomic E-state index is 0.0501. The largest absolute Gasteiger partial charge is 0.404 e. The minimum atomic E-state index is -1.63. The summed E-state index contributed by atoms with van der Waals surface area (Å²) in [4.78, 5) is 0. The van der Waals surface area contributed by atoms with Crippen LogP contribution in [0.3, 0.4) is 0 Å². The molecule has 0 aromatic carbocycles. The van der Waals surface area contributed by atoms with Crippen molar-refractivity contribution >= 4 is 8.32 Å². The lowest BCUT2D eigenvalue weighted by Gasteiger charge is -2.37. The summed E-state index contributed by atoms with van der Waals surface area (Å²) in [7, 11) is -1.63. The molecular weight excluding hydrogens is 164 g/mol. The quantitative estimate of drug-likeness (QED) is 0.473. The van der Waals surface area contributed by atoms with E-state index in [4.69, 9.17) is 10.8 Å². The zero-order chi connectivity index (χ0) is 9.99. The fourth-order valence-corrected chi connectivity index (χ4v) is 1.96. The normalized spacial score (nSPS) is 15.4. The molecule has 0 bridgehead atoms. The van der Waals surface area contributed by atoms with Crippen molar-refractivity contribution in [1.29, 1.82) is 0 Å². The predicted octanol–water partition coefficient (Wildman–Crippen LogP) is 3.03. The van der Waals surface area contributed by atoms with E-state index in [9.17, 15) is 0 Å². The van der Waals surface area contributed by atoms with E-state index in [-0.39, 0.29) is 11.1 Å². The van der Waals surface area contributed by atoms with Gasteiger partial charge in [0, 0.05) is 0 Å². The summed E-state index contributed by atoms with van der Waals surface area (Å²) in [6.45, 7) is 13.0. The minimum Gasteiger partial charge on any atom is -0.404 e. The van der Waals surface area contributed by atoms with E-state index < -0.39 is 8.32 Å². The molecule has 1 atom stereocenters. The maximum absolute atomic E-state index is 5.85. The molecule has 12 heavy (non-hydrogen) atoms. The summed E-state index contributed by atoms with van der Waals surface area (Å²) < 4.78 is 5.85. The maximum Gasteiger partial charge on any atom is 0.193 e. The van der Waals surface area contributed by atoms with Crippen LogP contribution < -0.4 is 0 Å². The van der Waals surface area contributed by atoms with Crippen molar-refractivity contribution in [1.82, 2.24) is 0 Å². The van der Waals surface area contributed by atoms with Gasteiger partial charge in [0.2, 0.25) is 0 Å². The highest BCUT2D eigenvalue weighted by Gasteiger charge is 2.38. The van der Waals surface area contributed by atoms with Crippen LogP contribution in [0.4, 0.5) is 0 Å². The van der Waals surface area contributed by atoms with Crippen LogP contribution in [-0.2, 0) is 4.43 Å². The summed E-state index contributed by atoms with van der Waals surface area (Å²) in [6, 6.07) is 0. The van der Waals surface area contributed by atoms with Gasteiger partial charge < -0.3 is 4.43 Å². The van der Waals surface area contributed by atoms with Gasteiger partial charge in [0.1, 0.15) is 6.10 Å². The first-order valence-electron chi connectivity index (χ1n) is 4.34. The van der Waals surface area contributed by atoms with Crippen molar-refractivity contribution in [2.75, 3.05) is 0 Å². The van der Waals surface area contributed by atoms with E-state index in [0.717, 1.165) is 0 Å². The van der Waals surface area contributed by atoms with Crippen molar-refractivity contribution in [2.24, 2.45) is 0 Å². The van der Waals surface area contributed by atoms with E-state index in [1.807, 2.05) is 6.92 Å². The zero-order valence-corrected chi connectivity index (χ0v) is 10.1. The van der Waals surface area contributed by atoms with E-state index in [0.29, 0.717) is 0 Å². The van der Waals surface area contributed by atoms with Gasteiger partial charge in [0.25, 0.3) is 0 Å². The van der Waals surface area contributed by atoms with Gasteiger partial charge in [-0.05, 0) is 25.1 Å². The molecular formula is C10H20OSi. The molecule has 0 spiro atoms. The Morgan fingerprint density at radius 3 is 2.00 bits per heavy atom. The van der Waals surface area contributed by atoms with Crippen molar-refractivity contribution in [3.05, 3.63) is 0 Å². The zero-order valence-electron chi connectivity index (χ0n) is 9.06. The highest BCUT2D eigenvalue weighted by molar-refractivity contribution is 6.74. The monoisotopic (exact) mass is 184 g/mol. The van der Waals surface area contributed by atoms with Gasteiger partial charge in [-0.15, -0.1) is 6.42 Å². The fourth-order valence-electron chi connectivity index (χ4n) is 0.653. The number of hydrogen-bond donors (Lipinski definition) is 0. The third kappa shape index (κ3) is 3.00. The molecule has 0 radical (unpaired) electrons. The second kappa shape index (κ2) is 3.63. The van der Waals surface area contributed by atoms with Gasteiger partial charge in [0.05, 0.1) is 0 Å². The predicted molar refractivity (Wildman–Crippen MR) is 56.6 cm³/mol. The Morgan fingerprint density at radius 1 is 1.33 bits per heavy atom. The van der Waals surface area contributed by atoms with Crippen molar-refractivity contribution in [3.63, 3.8) is 0 Å². The SMILES string of the molecule is C#CC(C)O[Si](C)(C)C(C)(C)C. The Kier molecular flexibility index (Phi) is 3.55. The molecule has 0 rings (SSSR count). The molecule has 0 amide bonds. The summed E-state index contributed by atoms with van der Waals surface area (Å²) >= 11 is 0. The summed E-state index contributed by atoms with van der Waals surface area (Å²) in [5.74, 6) is 2.61. The topological polar surface area (TPSA) is 9.23 Å². The lowest BCUT2D eigenvalue weighted by atomic mass is 10.2. The lowest BCUT2D eigenvalue weighted by molar-refractivity contribution is 0.252. The number of terminal acetylenes is 1. The van der Waals surface area contributed by atoms with Crippen molar-refractivity contribution < 1.29 is 4.43 Å². The first-order valence-corrected chi connectivity index (χ1v) is 7.25. The molecule has 1 nitrogen and oxygen atoms in total. The molecule has 0 saturated heterocycles. The molecule has 0 aliphatic heterocycles. The Bertz CT molecular complexity index is 183. The van der Waals surface area contributed by atoms with Crippen LogP contribution in [0, 0.1) is 12.3 Å². The van der Waals surface area contributed by atoms with Crippen LogP contribution >= 0.6 is 0 Å². The van der Waals surface area contributed by atoms with Gasteiger partial charge in [-0.2, -0.15) is 0 Å². The molecule has 1 unspecified atom stereocenters. The Hall–Kier alpha value is -0.263. The average Bonchev–Trinajstić information content (AvgIpc) is 1.84. The molecule has 0 N–H and O–H groups in total. The van der Waals surface area contributed by atoms with Crippen LogP contribution in [0.25, 0.3) is 0 Å².